The molecule has 0 amide bonds. The zero-order chi connectivity index (χ0) is 16.0. The van der Waals surface area contributed by atoms with Gasteiger partial charge in [-0.2, -0.15) is 0 Å². The van der Waals surface area contributed by atoms with Crippen molar-refractivity contribution < 1.29 is 9.30 Å². The van der Waals surface area contributed by atoms with Crippen molar-refractivity contribution >= 4 is 0 Å². The lowest BCUT2D eigenvalue weighted by Crippen LogP contribution is -2.31. The predicted molar refractivity (Wildman–Crippen MR) is 92.8 cm³/mol. The fourth-order valence-electron chi connectivity index (χ4n) is 2.98. The Morgan fingerprint density at radius 1 is 0.909 bits per heavy atom. The standard InChI is InChI=1S/C19H37N2O/c1-4-6-7-8-9-10-11-12-13-14-17-22-18-21-16-15-20(3)19(21)5-2/h15-16H,4-14,17-18H2,1-3H3/q+1. The van der Waals surface area contributed by atoms with Gasteiger partial charge in [0.1, 0.15) is 12.4 Å². The van der Waals surface area contributed by atoms with Crippen LogP contribution < -0.4 is 4.57 Å². The molecule has 0 aliphatic rings. The molecule has 1 aromatic rings. The molecule has 0 fully saturated rings. The zero-order valence-corrected chi connectivity index (χ0v) is 15.1. The summed E-state index contributed by atoms with van der Waals surface area (Å²) in [5.74, 6) is 1.32. The highest BCUT2D eigenvalue weighted by molar-refractivity contribution is 4.81. The van der Waals surface area contributed by atoms with E-state index in [0.29, 0.717) is 6.73 Å². The maximum absolute atomic E-state index is 5.80. The topological polar surface area (TPSA) is 18.0 Å². The van der Waals surface area contributed by atoms with Crippen molar-refractivity contribution in [1.29, 1.82) is 0 Å². The van der Waals surface area contributed by atoms with Gasteiger partial charge in [-0.05, 0) is 6.42 Å². The van der Waals surface area contributed by atoms with Gasteiger partial charge in [0.2, 0.25) is 0 Å². The molecule has 0 saturated heterocycles. The minimum atomic E-state index is 0.696. The van der Waals surface area contributed by atoms with Gasteiger partial charge in [0.15, 0.2) is 6.73 Å². The molecule has 0 aliphatic carbocycles. The van der Waals surface area contributed by atoms with Gasteiger partial charge in [0.25, 0.3) is 5.82 Å². The molecule has 0 bridgehead atoms. The summed E-state index contributed by atoms with van der Waals surface area (Å²) in [4.78, 5) is 0. The van der Waals surface area contributed by atoms with Crippen LogP contribution in [-0.4, -0.2) is 11.2 Å². The molecule has 3 nitrogen and oxygen atoms in total. The van der Waals surface area contributed by atoms with Gasteiger partial charge in [-0.25, -0.2) is 9.13 Å². The second-order valence-electron chi connectivity index (χ2n) is 6.37. The van der Waals surface area contributed by atoms with Crippen LogP contribution in [0.25, 0.3) is 0 Å². The van der Waals surface area contributed by atoms with Crippen molar-refractivity contribution in [3.8, 4) is 0 Å². The Bertz CT molecular complexity index is 374. The van der Waals surface area contributed by atoms with E-state index < -0.39 is 0 Å². The Morgan fingerprint density at radius 2 is 1.50 bits per heavy atom. The average Bonchev–Trinajstić information content (AvgIpc) is 2.88. The molecule has 0 radical (unpaired) electrons. The smallest absolute Gasteiger partial charge is 0.257 e. The SMILES string of the molecule is CCCCCCCCCCCCOCn1cc[n+](C)c1CC. The van der Waals surface area contributed by atoms with Crippen molar-refractivity contribution in [3.05, 3.63) is 18.2 Å². The summed E-state index contributed by atoms with van der Waals surface area (Å²) in [5.41, 5.74) is 0. The highest BCUT2D eigenvalue weighted by Crippen LogP contribution is 2.10. The van der Waals surface area contributed by atoms with Crippen LogP contribution in [0.5, 0.6) is 0 Å². The number of nitrogens with zero attached hydrogens (tertiary/aromatic N) is 2. The molecule has 0 unspecified atom stereocenters. The molecule has 1 rings (SSSR count). The van der Waals surface area contributed by atoms with Crippen LogP contribution in [0, 0.1) is 0 Å². The molecular weight excluding hydrogens is 272 g/mol. The molecule has 0 atom stereocenters. The third kappa shape index (κ3) is 7.98. The van der Waals surface area contributed by atoms with E-state index in [2.05, 4.69) is 42.4 Å². The predicted octanol–water partition coefficient (Wildman–Crippen LogP) is 4.77. The minimum Gasteiger partial charge on any atom is -0.342 e. The van der Waals surface area contributed by atoms with E-state index in [9.17, 15) is 0 Å². The number of imidazole rings is 1. The van der Waals surface area contributed by atoms with Crippen molar-refractivity contribution in [1.82, 2.24) is 4.57 Å². The first-order valence-corrected chi connectivity index (χ1v) is 9.41. The summed E-state index contributed by atoms with van der Waals surface area (Å²) in [5, 5.41) is 0. The molecule has 1 heterocycles. The van der Waals surface area contributed by atoms with E-state index in [4.69, 9.17) is 4.74 Å². The molecule has 0 spiro atoms. The second-order valence-corrected chi connectivity index (χ2v) is 6.37. The summed E-state index contributed by atoms with van der Waals surface area (Å²) < 4.78 is 10.2. The Labute approximate surface area is 137 Å². The van der Waals surface area contributed by atoms with Crippen LogP contribution in [0.1, 0.15) is 83.9 Å². The van der Waals surface area contributed by atoms with Gasteiger partial charge in [0.05, 0.1) is 13.7 Å². The van der Waals surface area contributed by atoms with Gasteiger partial charge < -0.3 is 4.74 Å². The molecule has 0 N–H and O–H groups in total. The van der Waals surface area contributed by atoms with E-state index in [1.165, 1.54) is 70.0 Å². The van der Waals surface area contributed by atoms with E-state index in [1.807, 2.05) is 0 Å². The van der Waals surface area contributed by atoms with Crippen LogP contribution in [0.3, 0.4) is 0 Å². The fourth-order valence-corrected chi connectivity index (χ4v) is 2.98. The van der Waals surface area contributed by atoms with Crippen molar-refractivity contribution in [2.24, 2.45) is 7.05 Å². The molecule has 0 aromatic carbocycles. The first-order valence-electron chi connectivity index (χ1n) is 9.41. The van der Waals surface area contributed by atoms with Crippen molar-refractivity contribution in [3.63, 3.8) is 0 Å². The number of hydrogen-bond donors (Lipinski definition) is 0. The number of ether oxygens (including phenoxy) is 1. The third-order valence-corrected chi connectivity index (χ3v) is 4.40. The first kappa shape index (κ1) is 19.2. The van der Waals surface area contributed by atoms with Gasteiger partial charge >= 0.3 is 0 Å². The molecular formula is C19H37N2O+. The maximum Gasteiger partial charge on any atom is 0.257 e. The Kier molecular flexibility index (Phi) is 11.1. The van der Waals surface area contributed by atoms with Gasteiger partial charge in [-0.15, -0.1) is 0 Å². The lowest BCUT2D eigenvalue weighted by Gasteiger charge is -2.04. The summed E-state index contributed by atoms with van der Waals surface area (Å²) >= 11 is 0. The summed E-state index contributed by atoms with van der Waals surface area (Å²) in [6.45, 7) is 6.05. The van der Waals surface area contributed by atoms with E-state index >= 15 is 0 Å². The van der Waals surface area contributed by atoms with Gasteiger partial charge in [0, 0.05) is 6.42 Å². The Hall–Kier alpha value is -0.830. The highest BCUT2D eigenvalue weighted by atomic mass is 16.5. The summed E-state index contributed by atoms with van der Waals surface area (Å²) in [7, 11) is 2.09. The van der Waals surface area contributed by atoms with Crippen molar-refractivity contribution in [2.75, 3.05) is 6.61 Å². The van der Waals surface area contributed by atoms with E-state index in [0.717, 1.165) is 13.0 Å². The maximum atomic E-state index is 5.80. The van der Waals surface area contributed by atoms with Gasteiger partial charge in [-0.3, -0.25) is 0 Å². The third-order valence-electron chi connectivity index (χ3n) is 4.40. The van der Waals surface area contributed by atoms with Crippen LogP contribution in [0.4, 0.5) is 0 Å². The molecule has 3 heteroatoms. The molecule has 128 valence electrons. The fraction of sp³-hybridized carbons (Fsp3) is 0.842. The monoisotopic (exact) mass is 309 g/mol. The average molecular weight is 310 g/mol. The summed E-state index contributed by atoms with van der Waals surface area (Å²) in [6.07, 6.45) is 19.0. The number of aryl methyl sites for hydroxylation is 1. The van der Waals surface area contributed by atoms with E-state index in [-0.39, 0.29) is 0 Å². The molecule has 1 aromatic heterocycles. The largest absolute Gasteiger partial charge is 0.342 e. The number of aromatic nitrogens is 2. The Balaban J connectivity index is 1.89. The lowest BCUT2D eigenvalue weighted by atomic mass is 10.1. The van der Waals surface area contributed by atoms with Crippen molar-refractivity contribution in [2.45, 2.75) is 91.2 Å². The van der Waals surface area contributed by atoms with Crippen LogP contribution in [0.2, 0.25) is 0 Å². The van der Waals surface area contributed by atoms with Crippen LogP contribution in [0.15, 0.2) is 12.4 Å². The number of unbranched alkanes of at least 4 members (excludes halogenated alkanes) is 9. The highest BCUT2D eigenvalue weighted by Gasteiger charge is 2.11. The first-order chi connectivity index (χ1) is 10.8. The number of rotatable bonds is 14. The minimum absolute atomic E-state index is 0.696. The zero-order valence-electron chi connectivity index (χ0n) is 15.1. The van der Waals surface area contributed by atoms with Crippen LogP contribution >= 0.6 is 0 Å². The second kappa shape index (κ2) is 12.7. The molecule has 0 saturated carbocycles. The van der Waals surface area contributed by atoms with E-state index in [1.54, 1.807) is 0 Å². The lowest BCUT2D eigenvalue weighted by molar-refractivity contribution is -0.678. The molecule has 22 heavy (non-hydrogen) atoms. The normalized spacial score (nSPS) is 11.2. The Morgan fingerprint density at radius 3 is 2.09 bits per heavy atom. The summed E-state index contributed by atoms with van der Waals surface area (Å²) in [6, 6.07) is 0. The quantitative estimate of drug-likeness (QED) is 0.357. The molecule has 0 aliphatic heterocycles. The number of hydrogen-bond acceptors (Lipinski definition) is 1. The van der Waals surface area contributed by atoms with Gasteiger partial charge in [-0.1, -0.05) is 71.6 Å². The van der Waals surface area contributed by atoms with Crippen LogP contribution in [-0.2, 0) is 24.9 Å².